The zero-order valence-corrected chi connectivity index (χ0v) is 11.7. The number of nitrogens with one attached hydrogen (secondary N) is 1. The highest BCUT2D eigenvalue weighted by atomic mass is 35.5. The van der Waals surface area contributed by atoms with E-state index in [1.165, 1.54) is 6.42 Å². The topological polar surface area (TPSA) is 24.4 Å². The van der Waals surface area contributed by atoms with Gasteiger partial charge in [-0.25, -0.2) is 0 Å². The molecule has 1 aliphatic heterocycles. The standard InChI is InChI=1S/C13H17ClN2S/c1-13(2)6-7-17-12(16-13)15-9-10-4-3-5-11(14)8-10/h3-5,8H,6-7,9H2,1-2H3,(H,15,16). The lowest BCUT2D eigenvalue weighted by molar-refractivity contribution is 0.446. The number of halogens is 1. The van der Waals surface area contributed by atoms with Crippen LogP contribution in [0.2, 0.25) is 5.02 Å². The molecule has 0 aliphatic carbocycles. The van der Waals surface area contributed by atoms with Gasteiger partial charge in [0.15, 0.2) is 5.17 Å². The van der Waals surface area contributed by atoms with Gasteiger partial charge in [-0.1, -0.05) is 35.5 Å². The molecule has 1 heterocycles. The molecule has 0 unspecified atom stereocenters. The number of amidine groups is 1. The highest BCUT2D eigenvalue weighted by molar-refractivity contribution is 8.13. The van der Waals surface area contributed by atoms with Crippen LogP contribution in [0, 0.1) is 0 Å². The molecule has 1 aliphatic rings. The van der Waals surface area contributed by atoms with Gasteiger partial charge in [0.1, 0.15) is 0 Å². The number of thioether (sulfide) groups is 1. The third kappa shape index (κ3) is 3.93. The number of nitrogens with zero attached hydrogens (tertiary/aromatic N) is 1. The monoisotopic (exact) mass is 268 g/mol. The van der Waals surface area contributed by atoms with E-state index < -0.39 is 0 Å². The number of aliphatic imine (C=N–C) groups is 1. The van der Waals surface area contributed by atoms with E-state index in [9.17, 15) is 0 Å². The van der Waals surface area contributed by atoms with Crippen molar-refractivity contribution in [1.82, 2.24) is 5.32 Å². The van der Waals surface area contributed by atoms with E-state index in [1.807, 2.05) is 18.2 Å². The molecule has 2 nitrogen and oxygen atoms in total. The van der Waals surface area contributed by atoms with Crippen molar-refractivity contribution < 1.29 is 0 Å². The minimum absolute atomic E-state index is 0.165. The SMILES string of the molecule is CC1(C)CCSC(=NCc2cccc(Cl)c2)N1. The van der Waals surface area contributed by atoms with Gasteiger partial charge in [-0.3, -0.25) is 4.99 Å². The summed E-state index contributed by atoms with van der Waals surface area (Å²) in [5.74, 6) is 1.13. The molecule has 0 aromatic heterocycles. The number of hydrogen-bond acceptors (Lipinski definition) is 2. The minimum Gasteiger partial charge on any atom is -0.360 e. The summed E-state index contributed by atoms with van der Waals surface area (Å²) in [6, 6.07) is 7.86. The lowest BCUT2D eigenvalue weighted by atomic mass is 10.0. The normalized spacial score (nSPS) is 21.2. The lowest BCUT2D eigenvalue weighted by Crippen LogP contribution is -2.46. The maximum Gasteiger partial charge on any atom is 0.157 e. The first kappa shape index (κ1) is 12.8. The molecule has 4 heteroatoms. The molecule has 0 amide bonds. The predicted octanol–water partition coefficient (Wildman–Crippen LogP) is 3.70. The summed E-state index contributed by atoms with van der Waals surface area (Å²) in [7, 11) is 0. The average Bonchev–Trinajstić information content (AvgIpc) is 2.25. The van der Waals surface area contributed by atoms with Crippen LogP contribution in [0.5, 0.6) is 0 Å². The van der Waals surface area contributed by atoms with Crippen LogP contribution in [-0.4, -0.2) is 16.5 Å². The Balaban J connectivity index is 2.01. The number of rotatable bonds is 2. The van der Waals surface area contributed by atoms with Gasteiger partial charge < -0.3 is 5.32 Å². The zero-order valence-electron chi connectivity index (χ0n) is 10.2. The summed E-state index contributed by atoms with van der Waals surface area (Å²) in [6.45, 7) is 5.11. The largest absolute Gasteiger partial charge is 0.360 e. The summed E-state index contributed by atoms with van der Waals surface area (Å²) in [6.07, 6.45) is 1.17. The van der Waals surface area contributed by atoms with Crippen LogP contribution in [-0.2, 0) is 6.54 Å². The Labute approximate surface area is 112 Å². The van der Waals surface area contributed by atoms with Crippen molar-refractivity contribution in [2.24, 2.45) is 4.99 Å². The van der Waals surface area contributed by atoms with Gasteiger partial charge in [0.25, 0.3) is 0 Å². The van der Waals surface area contributed by atoms with Crippen molar-refractivity contribution in [2.75, 3.05) is 5.75 Å². The summed E-state index contributed by atoms with van der Waals surface area (Å²) >= 11 is 7.74. The van der Waals surface area contributed by atoms with Crippen LogP contribution in [0.15, 0.2) is 29.3 Å². The predicted molar refractivity (Wildman–Crippen MR) is 76.9 cm³/mol. The maximum absolute atomic E-state index is 5.94. The van der Waals surface area contributed by atoms with Crippen LogP contribution < -0.4 is 5.32 Å². The van der Waals surface area contributed by atoms with Crippen molar-refractivity contribution in [3.05, 3.63) is 34.9 Å². The molecular formula is C13H17ClN2S. The van der Waals surface area contributed by atoms with Crippen molar-refractivity contribution in [3.8, 4) is 0 Å². The van der Waals surface area contributed by atoms with Crippen molar-refractivity contribution >= 4 is 28.5 Å². The van der Waals surface area contributed by atoms with Crippen LogP contribution in [0.4, 0.5) is 0 Å². The molecular weight excluding hydrogens is 252 g/mol. The number of benzene rings is 1. The Morgan fingerprint density at radius 1 is 1.47 bits per heavy atom. The summed E-state index contributed by atoms with van der Waals surface area (Å²) in [5, 5.41) is 5.27. The molecule has 1 saturated heterocycles. The molecule has 17 heavy (non-hydrogen) atoms. The van der Waals surface area contributed by atoms with Gasteiger partial charge in [-0.05, 0) is 38.0 Å². The average molecular weight is 269 g/mol. The Hall–Kier alpha value is -0.670. The van der Waals surface area contributed by atoms with Crippen LogP contribution in [0.25, 0.3) is 0 Å². The van der Waals surface area contributed by atoms with Crippen LogP contribution >= 0.6 is 23.4 Å². The molecule has 0 saturated carbocycles. The van der Waals surface area contributed by atoms with Crippen LogP contribution in [0.3, 0.4) is 0 Å². The molecule has 1 aromatic rings. The second-order valence-electron chi connectivity index (χ2n) is 4.86. The molecule has 1 N–H and O–H groups in total. The molecule has 1 fully saturated rings. The van der Waals surface area contributed by atoms with Gasteiger partial charge in [0, 0.05) is 16.3 Å². The van der Waals surface area contributed by atoms with Gasteiger partial charge >= 0.3 is 0 Å². The van der Waals surface area contributed by atoms with Crippen LogP contribution in [0.1, 0.15) is 25.8 Å². The highest BCUT2D eigenvalue weighted by Gasteiger charge is 2.23. The van der Waals surface area contributed by atoms with E-state index in [1.54, 1.807) is 11.8 Å². The van der Waals surface area contributed by atoms with Gasteiger partial charge in [-0.15, -0.1) is 0 Å². The van der Waals surface area contributed by atoms with E-state index in [0.717, 1.165) is 21.5 Å². The van der Waals surface area contributed by atoms with Gasteiger partial charge in [-0.2, -0.15) is 0 Å². The van der Waals surface area contributed by atoms with E-state index in [0.29, 0.717) is 6.54 Å². The first-order valence-corrected chi connectivity index (χ1v) is 7.11. The zero-order chi connectivity index (χ0) is 12.3. The Bertz CT molecular complexity index is 429. The molecule has 0 bridgehead atoms. The summed E-state index contributed by atoms with van der Waals surface area (Å²) < 4.78 is 0. The minimum atomic E-state index is 0.165. The van der Waals surface area contributed by atoms with E-state index >= 15 is 0 Å². The molecule has 0 radical (unpaired) electrons. The van der Waals surface area contributed by atoms with Gasteiger partial charge in [0.2, 0.25) is 0 Å². The fourth-order valence-corrected chi connectivity index (χ4v) is 3.20. The third-order valence-corrected chi connectivity index (χ3v) is 3.85. The Morgan fingerprint density at radius 2 is 2.29 bits per heavy atom. The first-order valence-electron chi connectivity index (χ1n) is 5.75. The fraction of sp³-hybridized carbons (Fsp3) is 0.462. The quantitative estimate of drug-likeness (QED) is 0.884. The molecule has 92 valence electrons. The molecule has 0 atom stereocenters. The second kappa shape index (κ2) is 5.32. The Kier molecular flexibility index (Phi) is 4.00. The maximum atomic E-state index is 5.94. The molecule has 1 aromatic carbocycles. The molecule has 0 spiro atoms. The van der Waals surface area contributed by atoms with E-state index in [2.05, 4.69) is 30.2 Å². The van der Waals surface area contributed by atoms with Gasteiger partial charge in [0.05, 0.1) is 6.54 Å². The molecule has 2 rings (SSSR count). The summed E-state index contributed by atoms with van der Waals surface area (Å²) in [5.41, 5.74) is 1.31. The lowest BCUT2D eigenvalue weighted by Gasteiger charge is -2.32. The van der Waals surface area contributed by atoms with E-state index in [-0.39, 0.29) is 5.54 Å². The van der Waals surface area contributed by atoms with E-state index in [4.69, 9.17) is 11.6 Å². The van der Waals surface area contributed by atoms with Crippen molar-refractivity contribution in [1.29, 1.82) is 0 Å². The first-order chi connectivity index (χ1) is 8.05. The summed E-state index contributed by atoms with van der Waals surface area (Å²) in [4.78, 5) is 4.60. The third-order valence-electron chi connectivity index (χ3n) is 2.71. The fourth-order valence-electron chi connectivity index (χ4n) is 1.67. The van der Waals surface area contributed by atoms with Crippen molar-refractivity contribution in [3.63, 3.8) is 0 Å². The smallest absolute Gasteiger partial charge is 0.157 e. The number of hydrogen-bond donors (Lipinski definition) is 1. The Morgan fingerprint density at radius 3 is 3.00 bits per heavy atom. The second-order valence-corrected chi connectivity index (χ2v) is 6.38. The highest BCUT2D eigenvalue weighted by Crippen LogP contribution is 2.22. The van der Waals surface area contributed by atoms with Crippen molar-refractivity contribution in [2.45, 2.75) is 32.4 Å².